The molecule has 1 rings (SSSR count). The summed E-state index contributed by atoms with van der Waals surface area (Å²) in [4.78, 5) is 11.7. The van der Waals surface area contributed by atoms with Crippen molar-refractivity contribution in [3.8, 4) is 5.75 Å². The van der Waals surface area contributed by atoms with Crippen molar-refractivity contribution in [2.24, 2.45) is 0 Å². The zero-order valence-corrected chi connectivity index (χ0v) is 14.8. The average Bonchev–Trinajstić information content (AvgIpc) is 2.22. The molecule has 0 fully saturated rings. The third kappa shape index (κ3) is 6.17. The Morgan fingerprint density at radius 3 is 2.14 bits per heavy atom. The molecule has 0 aliphatic heterocycles. The predicted octanol–water partition coefficient (Wildman–Crippen LogP) is 4.41. The van der Waals surface area contributed by atoms with Crippen molar-refractivity contribution >= 4 is 22.0 Å². The largest absolute Gasteiger partial charge is 0.485 e. The Morgan fingerprint density at radius 1 is 1.18 bits per heavy atom. The zero-order valence-electron chi connectivity index (χ0n) is 13.2. The molecule has 1 amide bonds. The zero-order chi connectivity index (χ0) is 17.1. The Bertz CT molecular complexity index is 533. The SMILES string of the molecule is CC(C)(COc1c(F)cc(Br)cc1F)NC(=O)OC(C)(C)C. The topological polar surface area (TPSA) is 47.6 Å². The number of nitrogens with one attached hydrogen (secondary N) is 1. The molecule has 0 aliphatic carbocycles. The van der Waals surface area contributed by atoms with Gasteiger partial charge in [0.2, 0.25) is 0 Å². The van der Waals surface area contributed by atoms with Gasteiger partial charge in [-0.2, -0.15) is 0 Å². The fourth-order valence-corrected chi connectivity index (χ4v) is 1.94. The fraction of sp³-hybridized carbons (Fsp3) is 0.533. The van der Waals surface area contributed by atoms with Crippen molar-refractivity contribution < 1.29 is 23.0 Å². The molecule has 7 heteroatoms. The molecule has 1 N–H and O–H groups in total. The Hall–Kier alpha value is -1.37. The van der Waals surface area contributed by atoms with Crippen molar-refractivity contribution in [1.29, 1.82) is 0 Å². The van der Waals surface area contributed by atoms with E-state index in [1.54, 1.807) is 34.6 Å². The Morgan fingerprint density at radius 2 is 1.68 bits per heavy atom. The first-order valence-electron chi connectivity index (χ1n) is 6.68. The van der Waals surface area contributed by atoms with E-state index < -0.39 is 34.6 Å². The second kappa shape index (κ2) is 6.81. The lowest BCUT2D eigenvalue weighted by atomic mass is 10.1. The summed E-state index contributed by atoms with van der Waals surface area (Å²) >= 11 is 2.99. The van der Waals surface area contributed by atoms with Crippen LogP contribution in [0.2, 0.25) is 0 Å². The van der Waals surface area contributed by atoms with Crippen LogP contribution in [0.5, 0.6) is 5.75 Å². The third-order valence-electron chi connectivity index (χ3n) is 2.38. The summed E-state index contributed by atoms with van der Waals surface area (Å²) < 4.78 is 37.9. The molecule has 0 aromatic heterocycles. The molecule has 0 spiro atoms. The molecule has 0 saturated carbocycles. The minimum Gasteiger partial charge on any atom is -0.485 e. The maximum atomic E-state index is 13.7. The average molecular weight is 380 g/mol. The number of halogens is 3. The molecular formula is C15H20BrF2NO3. The van der Waals surface area contributed by atoms with E-state index in [1.807, 2.05) is 0 Å². The molecule has 0 radical (unpaired) electrons. The van der Waals surface area contributed by atoms with Crippen LogP contribution < -0.4 is 10.1 Å². The third-order valence-corrected chi connectivity index (χ3v) is 2.84. The van der Waals surface area contributed by atoms with Gasteiger partial charge in [0.1, 0.15) is 12.2 Å². The van der Waals surface area contributed by atoms with Crippen molar-refractivity contribution in [1.82, 2.24) is 5.32 Å². The first kappa shape index (κ1) is 18.7. The minimum absolute atomic E-state index is 0.123. The smallest absolute Gasteiger partial charge is 0.408 e. The Labute approximate surface area is 137 Å². The Balaban J connectivity index is 2.68. The van der Waals surface area contributed by atoms with Gasteiger partial charge in [0, 0.05) is 4.47 Å². The van der Waals surface area contributed by atoms with Crippen LogP contribution in [0.15, 0.2) is 16.6 Å². The van der Waals surface area contributed by atoms with Crippen LogP contribution in [0, 0.1) is 11.6 Å². The van der Waals surface area contributed by atoms with E-state index in [0.717, 1.165) is 12.1 Å². The number of ether oxygens (including phenoxy) is 2. The molecule has 0 saturated heterocycles. The Kier molecular flexibility index (Phi) is 5.78. The summed E-state index contributed by atoms with van der Waals surface area (Å²) in [5.74, 6) is -2.12. The molecular weight excluding hydrogens is 360 g/mol. The van der Waals surface area contributed by atoms with E-state index in [2.05, 4.69) is 21.2 Å². The van der Waals surface area contributed by atoms with Gasteiger partial charge in [-0.3, -0.25) is 0 Å². The summed E-state index contributed by atoms with van der Waals surface area (Å²) in [6.45, 7) is 8.41. The van der Waals surface area contributed by atoms with Gasteiger partial charge < -0.3 is 14.8 Å². The molecule has 22 heavy (non-hydrogen) atoms. The fourth-order valence-electron chi connectivity index (χ4n) is 1.54. The van der Waals surface area contributed by atoms with Gasteiger partial charge in [-0.15, -0.1) is 0 Å². The highest BCUT2D eigenvalue weighted by molar-refractivity contribution is 9.10. The highest BCUT2D eigenvalue weighted by Crippen LogP contribution is 2.26. The van der Waals surface area contributed by atoms with Gasteiger partial charge in [-0.05, 0) is 46.8 Å². The van der Waals surface area contributed by atoms with Crippen LogP contribution in [-0.2, 0) is 4.74 Å². The van der Waals surface area contributed by atoms with Gasteiger partial charge in [0.05, 0.1) is 5.54 Å². The van der Waals surface area contributed by atoms with E-state index in [1.165, 1.54) is 0 Å². The molecule has 124 valence electrons. The maximum Gasteiger partial charge on any atom is 0.408 e. The van der Waals surface area contributed by atoms with Gasteiger partial charge in [-0.25, -0.2) is 13.6 Å². The number of carbonyl (C=O) groups is 1. The van der Waals surface area contributed by atoms with E-state index in [-0.39, 0.29) is 11.1 Å². The molecule has 4 nitrogen and oxygen atoms in total. The highest BCUT2D eigenvalue weighted by Gasteiger charge is 2.26. The van der Waals surface area contributed by atoms with Crippen LogP contribution >= 0.6 is 15.9 Å². The van der Waals surface area contributed by atoms with Crippen LogP contribution in [0.3, 0.4) is 0 Å². The van der Waals surface area contributed by atoms with E-state index in [9.17, 15) is 13.6 Å². The van der Waals surface area contributed by atoms with Crippen molar-refractivity contribution in [2.45, 2.75) is 45.8 Å². The van der Waals surface area contributed by atoms with E-state index in [0.29, 0.717) is 0 Å². The van der Waals surface area contributed by atoms with Gasteiger partial charge in [0.15, 0.2) is 17.4 Å². The predicted molar refractivity (Wildman–Crippen MR) is 83.0 cm³/mol. The summed E-state index contributed by atoms with van der Waals surface area (Å²) in [7, 11) is 0. The van der Waals surface area contributed by atoms with Crippen LogP contribution in [0.25, 0.3) is 0 Å². The van der Waals surface area contributed by atoms with E-state index >= 15 is 0 Å². The summed E-state index contributed by atoms with van der Waals surface area (Å²) in [6, 6.07) is 2.21. The van der Waals surface area contributed by atoms with Crippen molar-refractivity contribution in [3.63, 3.8) is 0 Å². The summed E-state index contributed by atoms with van der Waals surface area (Å²) in [6.07, 6.45) is -0.627. The lowest BCUT2D eigenvalue weighted by Gasteiger charge is -2.28. The number of benzene rings is 1. The molecule has 0 unspecified atom stereocenters. The van der Waals surface area contributed by atoms with Crippen molar-refractivity contribution in [2.75, 3.05) is 6.61 Å². The lowest BCUT2D eigenvalue weighted by Crippen LogP contribution is -2.49. The number of hydrogen-bond donors (Lipinski definition) is 1. The standard InChI is InChI=1S/C15H20BrF2NO3/c1-14(2,3)22-13(20)19-15(4,5)8-21-12-10(17)6-9(16)7-11(12)18/h6-7H,8H2,1-5H3,(H,19,20). The second-order valence-corrected chi connectivity index (χ2v) is 7.41. The van der Waals surface area contributed by atoms with Gasteiger partial charge in [0.25, 0.3) is 0 Å². The highest BCUT2D eigenvalue weighted by atomic mass is 79.9. The van der Waals surface area contributed by atoms with Crippen LogP contribution in [-0.4, -0.2) is 23.8 Å². The minimum atomic E-state index is -0.867. The molecule has 1 aromatic carbocycles. The number of rotatable bonds is 4. The first-order valence-corrected chi connectivity index (χ1v) is 7.47. The summed E-state index contributed by atoms with van der Waals surface area (Å²) in [5.41, 5.74) is -1.50. The van der Waals surface area contributed by atoms with Crippen LogP contribution in [0.1, 0.15) is 34.6 Å². The number of carbonyl (C=O) groups excluding carboxylic acids is 1. The second-order valence-electron chi connectivity index (χ2n) is 6.50. The number of amides is 1. The lowest BCUT2D eigenvalue weighted by molar-refractivity contribution is 0.0439. The monoisotopic (exact) mass is 379 g/mol. The summed E-state index contributed by atoms with van der Waals surface area (Å²) in [5, 5.41) is 2.59. The molecule has 1 aromatic rings. The van der Waals surface area contributed by atoms with Gasteiger partial charge >= 0.3 is 6.09 Å². The normalized spacial score (nSPS) is 12.0. The molecule has 0 atom stereocenters. The maximum absolute atomic E-state index is 13.7. The van der Waals surface area contributed by atoms with E-state index in [4.69, 9.17) is 9.47 Å². The first-order chi connectivity index (χ1) is 9.89. The molecule has 0 aliphatic rings. The molecule has 0 bridgehead atoms. The number of hydrogen-bond acceptors (Lipinski definition) is 3. The van der Waals surface area contributed by atoms with Gasteiger partial charge in [-0.1, -0.05) is 15.9 Å². The number of alkyl carbamates (subject to hydrolysis) is 1. The quantitative estimate of drug-likeness (QED) is 0.842. The van der Waals surface area contributed by atoms with Crippen molar-refractivity contribution in [3.05, 3.63) is 28.2 Å². The molecule has 0 heterocycles. The van der Waals surface area contributed by atoms with Crippen LogP contribution in [0.4, 0.5) is 13.6 Å².